The van der Waals surface area contributed by atoms with Gasteiger partial charge in [0.05, 0.1) is 0 Å². The van der Waals surface area contributed by atoms with E-state index in [-0.39, 0.29) is 0 Å². The molecular weight excluding hydrogens is 504 g/mol. The van der Waals surface area contributed by atoms with Gasteiger partial charge in [-0.2, -0.15) is 0 Å². The molecule has 2 aliphatic carbocycles. The van der Waals surface area contributed by atoms with Crippen LogP contribution < -0.4 is 0 Å². The van der Waals surface area contributed by atoms with E-state index in [0.717, 1.165) is 0 Å². The zero-order chi connectivity index (χ0) is 27.6. The van der Waals surface area contributed by atoms with E-state index >= 15 is 0 Å². The molecule has 7 aromatic carbocycles. The smallest absolute Gasteiger partial charge is 0.00232 e. The summed E-state index contributed by atoms with van der Waals surface area (Å²) in [4.78, 5) is 0. The Morgan fingerprint density at radius 3 is 1.17 bits per heavy atom. The molecule has 202 valence electrons. The molecule has 0 radical (unpaired) electrons. The molecule has 2 aliphatic rings. The lowest BCUT2D eigenvalue weighted by atomic mass is 9.72. The van der Waals surface area contributed by atoms with Crippen molar-refractivity contribution in [2.75, 3.05) is 0 Å². The molecule has 42 heavy (non-hydrogen) atoms. The number of benzene rings is 7. The highest BCUT2D eigenvalue weighted by atomic mass is 14.3. The maximum absolute atomic E-state index is 2.45. The topological polar surface area (TPSA) is 0 Å². The number of fused-ring (bicyclic) bond motifs is 9. The Hall–Kier alpha value is -4.42. The summed E-state index contributed by atoms with van der Waals surface area (Å²) in [5.74, 6) is 0. The fourth-order valence-corrected chi connectivity index (χ4v) is 8.36. The molecule has 0 fully saturated rings. The van der Waals surface area contributed by atoms with Gasteiger partial charge in [-0.3, -0.25) is 0 Å². The summed E-state index contributed by atoms with van der Waals surface area (Å²) < 4.78 is 0. The van der Waals surface area contributed by atoms with Crippen molar-refractivity contribution in [1.29, 1.82) is 0 Å². The molecule has 0 spiro atoms. The van der Waals surface area contributed by atoms with E-state index in [1.54, 1.807) is 33.0 Å². The van der Waals surface area contributed by atoms with Gasteiger partial charge < -0.3 is 0 Å². The van der Waals surface area contributed by atoms with Crippen LogP contribution in [0.15, 0.2) is 109 Å². The van der Waals surface area contributed by atoms with Gasteiger partial charge in [0, 0.05) is 0 Å². The number of aryl methyl sites for hydroxylation is 2. The molecule has 0 heteroatoms. The molecule has 0 aliphatic heterocycles. The Bertz CT molecular complexity index is 2040. The largest absolute Gasteiger partial charge is 0.0616 e. The van der Waals surface area contributed by atoms with Crippen molar-refractivity contribution in [2.45, 2.75) is 51.4 Å². The van der Waals surface area contributed by atoms with Gasteiger partial charge in [0.15, 0.2) is 0 Å². The summed E-state index contributed by atoms with van der Waals surface area (Å²) in [6, 6.07) is 41.2. The third kappa shape index (κ3) is 3.61. The summed E-state index contributed by atoms with van der Waals surface area (Å²) in [6.45, 7) is 0. The van der Waals surface area contributed by atoms with Crippen LogP contribution in [0.4, 0.5) is 0 Å². The van der Waals surface area contributed by atoms with Crippen LogP contribution in [0.25, 0.3) is 65.3 Å². The van der Waals surface area contributed by atoms with Crippen LogP contribution in [0.2, 0.25) is 0 Å². The Labute approximate surface area is 247 Å². The van der Waals surface area contributed by atoms with Crippen LogP contribution in [0.1, 0.15) is 47.9 Å². The minimum absolute atomic E-state index is 1.19. The first kappa shape index (κ1) is 24.2. The maximum atomic E-state index is 2.45. The van der Waals surface area contributed by atoms with Crippen molar-refractivity contribution >= 4 is 43.1 Å². The van der Waals surface area contributed by atoms with Gasteiger partial charge in [-0.15, -0.1) is 0 Å². The molecule has 0 amide bonds. The maximum Gasteiger partial charge on any atom is -0.00232 e. The van der Waals surface area contributed by atoms with Crippen molar-refractivity contribution < 1.29 is 0 Å². The standard InChI is InChI=1S/C42H34/c1-3-13-29-25-31(23-21-27(29)11-1)39-37-19-9-10-20-38(37)40(32-24-22-28-12-2-4-14-30(28)26-32)42-36-18-8-6-16-34(36)33-15-5-7-17-35(33)41(39)42/h1-4,9-14,19-26H,5-8,15-18H2. The summed E-state index contributed by atoms with van der Waals surface area (Å²) in [5, 5.41) is 11.1. The second-order valence-corrected chi connectivity index (χ2v) is 12.5. The van der Waals surface area contributed by atoms with Crippen LogP contribution in [-0.4, -0.2) is 0 Å². The second kappa shape index (κ2) is 9.57. The van der Waals surface area contributed by atoms with Gasteiger partial charge in [0.1, 0.15) is 0 Å². The Morgan fingerprint density at radius 2 is 0.714 bits per heavy atom. The number of rotatable bonds is 2. The molecule has 0 aromatic heterocycles. The molecule has 0 unspecified atom stereocenters. The van der Waals surface area contributed by atoms with Crippen LogP contribution in [0, 0.1) is 0 Å². The zero-order valence-electron chi connectivity index (χ0n) is 24.0. The number of hydrogen-bond acceptors (Lipinski definition) is 0. The van der Waals surface area contributed by atoms with Crippen LogP contribution in [-0.2, 0) is 25.7 Å². The van der Waals surface area contributed by atoms with Crippen LogP contribution >= 0.6 is 0 Å². The monoisotopic (exact) mass is 538 g/mol. The van der Waals surface area contributed by atoms with Crippen molar-refractivity contribution in [3.8, 4) is 22.3 Å². The van der Waals surface area contributed by atoms with E-state index < -0.39 is 0 Å². The third-order valence-corrected chi connectivity index (χ3v) is 10.2. The molecule has 0 saturated carbocycles. The number of hydrogen-bond donors (Lipinski definition) is 0. The SMILES string of the molecule is c1ccc2cc(-c3c4ccccc4c(-c4ccc5ccccc5c4)c4c5c(c6c(c34)CCCC6)CCCC5)ccc2c1. The van der Waals surface area contributed by atoms with E-state index in [4.69, 9.17) is 0 Å². The average Bonchev–Trinajstić information content (AvgIpc) is 3.07. The van der Waals surface area contributed by atoms with Gasteiger partial charge in [0.25, 0.3) is 0 Å². The fraction of sp³-hybridized carbons (Fsp3) is 0.190. The van der Waals surface area contributed by atoms with E-state index in [1.165, 1.54) is 106 Å². The Morgan fingerprint density at radius 1 is 0.333 bits per heavy atom. The molecule has 0 saturated heterocycles. The molecule has 0 atom stereocenters. The lowest BCUT2D eigenvalue weighted by molar-refractivity contribution is 0.647. The predicted octanol–water partition coefficient (Wildman–Crippen LogP) is 11.4. The molecule has 9 rings (SSSR count). The summed E-state index contributed by atoms with van der Waals surface area (Å²) in [6.07, 6.45) is 10.1. The summed E-state index contributed by atoms with van der Waals surface area (Å²) in [7, 11) is 0. The van der Waals surface area contributed by atoms with Crippen molar-refractivity contribution in [3.63, 3.8) is 0 Å². The predicted molar refractivity (Wildman–Crippen MR) is 181 cm³/mol. The van der Waals surface area contributed by atoms with Crippen LogP contribution in [0.3, 0.4) is 0 Å². The first-order valence-corrected chi connectivity index (χ1v) is 15.9. The molecule has 0 bridgehead atoms. The third-order valence-electron chi connectivity index (χ3n) is 10.2. The average molecular weight is 539 g/mol. The fourth-order valence-electron chi connectivity index (χ4n) is 8.36. The van der Waals surface area contributed by atoms with Crippen molar-refractivity contribution in [2.24, 2.45) is 0 Å². The lowest BCUT2D eigenvalue weighted by Crippen LogP contribution is -2.15. The van der Waals surface area contributed by atoms with Crippen LogP contribution in [0.5, 0.6) is 0 Å². The Balaban J connectivity index is 1.51. The van der Waals surface area contributed by atoms with E-state index in [9.17, 15) is 0 Å². The van der Waals surface area contributed by atoms with Crippen molar-refractivity contribution in [1.82, 2.24) is 0 Å². The highest BCUT2D eigenvalue weighted by molar-refractivity contribution is 6.24. The minimum atomic E-state index is 1.19. The highest BCUT2D eigenvalue weighted by Gasteiger charge is 2.28. The summed E-state index contributed by atoms with van der Waals surface area (Å²) in [5.41, 5.74) is 12.3. The zero-order valence-corrected chi connectivity index (χ0v) is 24.0. The van der Waals surface area contributed by atoms with Gasteiger partial charge in [-0.1, -0.05) is 97.1 Å². The van der Waals surface area contributed by atoms with E-state index in [0.29, 0.717) is 0 Å². The molecule has 0 nitrogen and oxygen atoms in total. The Kier molecular flexibility index (Phi) is 5.51. The first-order valence-electron chi connectivity index (χ1n) is 15.9. The molecule has 0 N–H and O–H groups in total. The van der Waals surface area contributed by atoms with Gasteiger partial charge >= 0.3 is 0 Å². The van der Waals surface area contributed by atoms with Gasteiger partial charge in [-0.25, -0.2) is 0 Å². The first-order chi connectivity index (χ1) is 20.8. The molecule has 7 aromatic rings. The van der Waals surface area contributed by atoms with Crippen molar-refractivity contribution in [3.05, 3.63) is 131 Å². The minimum Gasteiger partial charge on any atom is -0.0616 e. The molecular formula is C42H34. The van der Waals surface area contributed by atoms with Gasteiger partial charge in [0.2, 0.25) is 0 Å². The van der Waals surface area contributed by atoms with E-state index in [2.05, 4.69) is 109 Å². The van der Waals surface area contributed by atoms with Gasteiger partial charge in [-0.05, 0) is 151 Å². The summed E-state index contributed by atoms with van der Waals surface area (Å²) >= 11 is 0. The lowest BCUT2D eigenvalue weighted by Gasteiger charge is -2.31. The normalized spacial score (nSPS) is 14.9. The molecule has 0 heterocycles. The van der Waals surface area contributed by atoms with E-state index in [1.807, 2.05) is 0 Å². The quantitative estimate of drug-likeness (QED) is 0.192. The second-order valence-electron chi connectivity index (χ2n) is 12.5. The highest BCUT2D eigenvalue weighted by Crippen LogP contribution is 2.50.